The Morgan fingerprint density at radius 3 is 2.85 bits per heavy atom. The second-order valence-electron chi connectivity index (χ2n) is 7.16. The molecule has 0 bridgehead atoms. The maximum Gasteiger partial charge on any atom is 0.191 e. The van der Waals surface area contributed by atoms with Gasteiger partial charge in [0.2, 0.25) is 0 Å². The Kier molecular flexibility index (Phi) is 6.14. The molecule has 6 heteroatoms. The van der Waals surface area contributed by atoms with Crippen molar-refractivity contribution in [3.05, 3.63) is 35.8 Å². The molecular weight excluding hydrogens is 331 g/mol. The molecule has 2 aromatic rings. The molecule has 142 valence electrons. The molecule has 0 unspecified atom stereocenters. The maximum absolute atomic E-state index is 13.3. The second-order valence-corrected chi connectivity index (χ2v) is 7.16. The molecule has 0 atom stereocenters. The van der Waals surface area contributed by atoms with Crippen LogP contribution < -0.4 is 10.6 Å². The van der Waals surface area contributed by atoms with Crippen LogP contribution in [0.15, 0.2) is 29.4 Å². The van der Waals surface area contributed by atoms with Crippen LogP contribution in [0.1, 0.15) is 44.6 Å². The first-order valence-corrected chi connectivity index (χ1v) is 9.60. The molecule has 0 saturated heterocycles. The van der Waals surface area contributed by atoms with E-state index in [1.165, 1.54) is 18.6 Å². The predicted octanol–water partition coefficient (Wildman–Crippen LogP) is 3.10. The molecule has 1 aromatic heterocycles. The van der Waals surface area contributed by atoms with Crippen molar-refractivity contribution in [3.8, 4) is 0 Å². The van der Waals surface area contributed by atoms with E-state index in [4.69, 9.17) is 0 Å². The molecule has 1 aliphatic carbocycles. The van der Waals surface area contributed by atoms with Crippen LogP contribution in [0.5, 0.6) is 0 Å². The number of aromatic nitrogens is 1. The van der Waals surface area contributed by atoms with E-state index in [2.05, 4.69) is 20.6 Å². The number of guanidine groups is 1. The number of aromatic amines is 1. The number of H-pyrrole nitrogens is 1. The van der Waals surface area contributed by atoms with E-state index in [-0.39, 0.29) is 5.82 Å². The number of aliphatic hydroxyl groups is 1. The molecule has 1 fully saturated rings. The summed E-state index contributed by atoms with van der Waals surface area (Å²) in [6, 6.07) is 4.82. The summed E-state index contributed by atoms with van der Waals surface area (Å²) in [6.45, 7) is 3.96. The van der Waals surface area contributed by atoms with Gasteiger partial charge < -0.3 is 20.7 Å². The van der Waals surface area contributed by atoms with Crippen molar-refractivity contribution in [1.29, 1.82) is 0 Å². The first kappa shape index (κ1) is 18.7. The zero-order chi connectivity index (χ0) is 18.4. The summed E-state index contributed by atoms with van der Waals surface area (Å²) in [4.78, 5) is 7.71. The van der Waals surface area contributed by atoms with Gasteiger partial charge in [0.05, 0.1) is 12.1 Å². The average molecular weight is 360 g/mol. The van der Waals surface area contributed by atoms with E-state index in [9.17, 15) is 9.50 Å². The van der Waals surface area contributed by atoms with E-state index in [1.54, 1.807) is 0 Å². The Morgan fingerprint density at radius 1 is 1.27 bits per heavy atom. The summed E-state index contributed by atoms with van der Waals surface area (Å²) in [5, 5.41) is 18.2. The highest BCUT2D eigenvalue weighted by molar-refractivity contribution is 5.83. The molecule has 1 aliphatic rings. The van der Waals surface area contributed by atoms with E-state index in [0.717, 1.165) is 61.1 Å². The van der Waals surface area contributed by atoms with Crippen molar-refractivity contribution >= 4 is 16.9 Å². The van der Waals surface area contributed by atoms with Crippen LogP contribution in [0, 0.1) is 5.82 Å². The van der Waals surface area contributed by atoms with Gasteiger partial charge in [-0.2, -0.15) is 0 Å². The van der Waals surface area contributed by atoms with Crippen molar-refractivity contribution in [2.75, 3.05) is 19.6 Å². The molecule has 3 rings (SSSR count). The van der Waals surface area contributed by atoms with Crippen molar-refractivity contribution in [2.24, 2.45) is 4.99 Å². The molecule has 5 nitrogen and oxygen atoms in total. The highest BCUT2D eigenvalue weighted by Crippen LogP contribution is 2.28. The normalized spacial score (nSPS) is 17.4. The Balaban J connectivity index is 1.56. The SMILES string of the molecule is CCNC(=NCC1(O)CCCCC1)NCCc1c[nH]c2cc(F)ccc12. The van der Waals surface area contributed by atoms with Crippen molar-refractivity contribution in [1.82, 2.24) is 15.6 Å². The minimum Gasteiger partial charge on any atom is -0.388 e. The smallest absolute Gasteiger partial charge is 0.191 e. The number of fused-ring (bicyclic) bond motifs is 1. The number of nitrogens with zero attached hydrogens (tertiary/aromatic N) is 1. The minimum absolute atomic E-state index is 0.230. The fourth-order valence-corrected chi connectivity index (χ4v) is 3.62. The molecule has 26 heavy (non-hydrogen) atoms. The van der Waals surface area contributed by atoms with Gasteiger partial charge >= 0.3 is 0 Å². The monoisotopic (exact) mass is 360 g/mol. The van der Waals surface area contributed by atoms with Crippen LogP contribution in [-0.4, -0.2) is 41.3 Å². The van der Waals surface area contributed by atoms with Crippen molar-refractivity contribution in [2.45, 2.75) is 51.0 Å². The highest BCUT2D eigenvalue weighted by atomic mass is 19.1. The molecular formula is C20H29FN4O. The summed E-state index contributed by atoms with van der Waals surface area (Å²) in [6.07, 6.45) is 7.78. The van der Waals surface area contributed by atoms with Crippen LogP contribution in [0.4, 0.5) is 4.39 Å². The van der Waals surface area contributed by atoms with Gasteiger partial charge in [-0.1, -0.05) is 19.3 Å². The van der Waals surface area contributed by atoms with Gasteiger partial charge in [-0.25, -0.2) is 4.39 Å². The molecule has 1 saturated carbocycles. The number of aliphatic imine (C=N–C) groups is 1. The molecule has 4 N–H and O–H groups in total. The van der Waals surface area contributed by atoms with E-state index >= 15 is 0 Å². The number of nitrogens with one attached hydrogen (secondary N) is 3. The Labute approximate surface area is 154 Å². The third-order valence-electron chi connectivity index (χ3n) is 5.08. The van der Waals surface area contributed by atoms with Crippen molar-refractivity contribution in [3.63, 3.8) is 0 Å². The number of hydrogen-bond acceptors (Lipinski definition) is 2. The van der Waals surface area contributed by atoms with Gasteiger partial charge in [-0.15, -0.1) is 0 Å². The zero-order valence-electron chi connectivity index (χ0n) is 15.4. The third-order valence-corrected chi connectivity index (χ3v) is 5.08. The van der Waals surface area contributed by atoms with Gasteiger partial charge in [0.1, 0.15) is 5.82 Å². The first-order valence-electron chi connectivity index (χ1n) is 9.60. The molecule has 0 amide bonds. The van der Waals surface area contributed by atoms with Gasteiger partial charge in [0, 0.05) is 30.2 Å². The number of rotatable bonds is 6. The molecule has 0 radical (unpaired) electrons. The minimum atomic E-state index is -0.651. The van der Waals surface area contributed by atoms with E-state index in [1.807, 2.05) is 19.2 Å². The predicted molar refractivity (Wildman–Crippen MR) is 104 cm³/mol. The summed E-state index contributed by atoms with van der Waals surface area (Å²) < 4.78 is 13.3. The number of hydrogen-bond donors (Lipinski definition) is 4. The topological polar surface area (TPSA) is 72.4 Å². The molecule has 1 heterocycles. The van der Waals surface area contributed by atoms with Gasteiger partial charge in [-0.05, 0) is 49.9 Å². The lowest BCUT2D eigenvalue weighted by Gasteiger charge is -2.30. The number of benzene rings is 1. The standard InChI is InChI=1S/C20H29FN4O/c1-2-22-19(25-14-20(26)9-4-3-5-10-20)23-11-8-15-13-24-18-12-16(21)6-7-17(15)18/h6-7,12-13,24,26H,2-5,8-11,14H2,1H3,(H2,22,23,25). The maximum atomic E-state index is 13.3. The van der Waals surface area contributed by atoms with Crippen LogP contribution in [-0.2, 0) is 6.42 Å². The lowest BCUT2D eigenvalue weighted by atomic mass is 9.85. The van der Waals surface area contributed by atoms with Crippen LogP contribution in [0.3, 0.4) is 0 Å². The Morgan fingerprint density at radius 2 is 2.08 bits per heavy atom. The summed E-state index contributed by atoms with van der Waals surface area (Å²) in [5.41, 5.74) is 1.32. The van der Waals surface area contributed by atoms with Crippen LogP contribution in [0.2, 0.25) is 0 Å². The van der Waals surface area contributed by atoms with Gasteiger partial charge in [0.25, 0.3) is 0 Å². The fraction of sp³-hybridized carbons (Fsp3) is 0.550. The van der Waals surface area contributed by atoms with Crippen molar-refractivity contribution < 1.29 is 9.50 Å². The molecule has 1 aromatic carbocycles. The van der Waals surface area contributed by atoms with Gasteiger partial charge in [0.15, 0.2) is 5.96 Å². The summed E-state index contributed by atoms with van der Waals surface area (Å²) >= 11 is 0. The van der Waals surface area contributed by atoms with Gasteiger partial charge in [-0.3, -0.25) is 4.99 Å². The largest absolute Gasteiger partial charge is 0.388 e. The van der Waals surface area contributed by atoms with E-state index < -0.39 is 5.60 Å². The summed E-state index contributed by atoms with van der Waals surface area (Å²) in [5.74, 6) is 0.503. The van der Waals surface area contributed by atoms with E-state index in [0.29, 0.717) is 13.1 Å². The summed E-state index contributed by atoms with van der Waals surface area (Å²) in [7, 11) is 0. The lowest BCUT2D eigenvalue weighted by molar-refractivity contribution is 0.0131. The molecule has 0 aliphatic heterocycles. The molecule has 0 spiro atoms. The Bertz CT molecular complexity index is 749. The lowest BCUT2D eigenvalue weighted by Crippen LogP contribution is -2.41. The number of halogens is 1. The second kappa shape index (κ2) is 8.54. The van der Waals surface area contributed by atoms with Crippen LogP contribution in [0.25, 0.3) is 10.9 Å². The highest BCUT2D eigenvalue weighted by Gasteiger charge is 2.28. The fourth-order valence-electron chi connectivity index (χ4n) is 3.62. The average Bonchev–Trinajstić information content (AvgIpc) is 3.02. The quantitative estimate of drug-likeness (QED) is 0.472. The Hall–Kier alpha value is -2.08. The van der Waals surface area contributed by atoms with Crippen LogP contribution >= 0.6 is 0 Å². The zero-order valence-corrected chi connectivity index (χ0v) is 15.4. The first-order chi connectivity index (χ1) is 12.6. The third kappa shape index (κ3) is 4.75.